The second-order valence-electron chi connectivity index (χ2n) is 4.01. The highest BCUT2D eigenvalue weighted by atomic mass is 79.9. The Morgan fingerprint density at radius 1 is 1.30 bits per heavy atom. The summed E-state index contributed by atoms with van der Waals surface area (Å²) >= 11 is 10.5. The topological polar surface area (TPSA) is 43.4 Å². The maximum Gasteiger partial charge on any atom is 0.310 e. The van der Waals surface area contributed by atoms with Crippen LogP contribution >= 0.6 is 38.9 Å². The summed E-state index contributed by atoms with van der Waals surface area (Å²) in [6, 6.07) is 8.52. The Balaban J connectivity index is 2.23. The molecule has 3 nitrogen and oxygen atoms in total. The summed E-state index contributed by atoms with van der Waals surface area (Å²) in [5, 5.41) is 0.495. The van der Waals surface area contributed by atoms with Gasteiger partial charge >= 0.3 is 5.97 Å². The molecule has 104 valence electrons. The second kappa shape index (κ2) is 6.52. The van der Waals surface area contributed by atoms with Crippen molar-refractivity contribution in [2.75, 3.05) is 7.11 Å². The van der Waals surface area contributed by atoms with Crippen LogP contribution in [-0.2, 0) is 16.0 Å². The van der Waals surface area contributed by atoms with Crippen molar-refractivity contribution in [3.8, 4) is 0 Å². The lowest BCUT2D eigenvalue weighted by molar-refractivity contribution is -0.139. The van der Waals surface area contributed by atoms with Crippen LogP contribution in [0.1, 0.15) is 20.1 Å². The minimum atomic E-state index is -0.323. The molecular formula is C14H10BrClO3S. The monoisotopic (exact) mass is 372 g/mol. The van der Waals surface area contributed by atoms with Crippen LogP contribution in [0.15, 0.2) is 34.8 Å². The predicted octanol–water partition coefficient (Wildman–Crippen LogP) is 4.11. The summed E-state index contributed by atoms with van der Waals surface area (Å²) in [5.41, 5.74) is 0.510. The zero-order valence-corrected chi connectivity index (χ0v) is 13.6. The first-order valence-electron chi connectivity index (χ1n) is 5.66. The third-order valence-electron chi connectivity index (χ3n) is 2.56. The van der Waals surface area contributed by atoms with Gasteiger partial charge in [-0.25, -0.2) is 0 Å². The third-order valence-corrected chi connectivity index (χ3v) is 4.32. The summed E-state index contributed by atoms with van der Waals surface area (Å²) in [6.07, 6.45) is 0.174. The van der Waals surface area contributed by atoms with Crippen molar-refractivity contribution in [1.29, 1.82) is 0 Å². The average Bonchev–Trinajstić information content (AvgIpc) is 2.85. The Hall–Kier alpha value is -1.17. The summed E-state index contributed by atoms with van der Waals surface area (Å²) in [5.74, 6) is -0.439. The smallest absolute Gasteiger partial charge is 0.310 e. The summed E-state index contributed by atoms with van der Waals surface area (Å²) in [6.45, 7) is 0. The largest absolute Gasteiger partial charge is 0.469 e. The van der Waals surface area contributed by atoms with E-state index in [1.54, 1.807) is 30.3 Å². The molecule has 1 aromatic carbocycles. The highest BCUT2D eigenvalue weighted by molar-refractivity contribution is 9.10. The molecule has 2 rings (SSSR count). The molecule has 0 unspecified atom stereocenters. The fourth-order valence-corrected chi connectivity index (χ4v) is 3.45. The Bertz CT molecular complexity index is 646. The number of hydrogen-bond donors (Lipinski definition) is 0. The number of carbonyl (C=O) groups is 2. The lowest BCUT2D eigenvalue weighted by atomic mass is 10.1. The van der Waals surface area contributed by atoms with E-state index in [4.69, 9.17) is 11.6 Å². The molecule has 0 fully saturated rings. The van der Waals surface area contributed by atoms with E-state index in [1.807, 2.05) is 0 Å². The van der Waals surface area contributed by atoms with Crippen molar-refractivity contribution in [3.05, 3.63) is 55.1 Å². The van der Waals surface area contributed by atoms with Gasteiger partial charge < -0.3 is 4.74 Å². The molecule has 6 heteroatoms. The zero-order valence-electron chi connectivity index (χ0n) is 10.5. The Labute approximate surface area is 133 Å². The Kier molecular flexibility index (Phi) is 4.96. The molecule has 0 spiro atoms. The molecule has 0 aliphatic heterocycles. The normalized spacial score (nSPS) is 10.3. The van der Waals surface area contributed by atoms with Crippen LogP contribution in [0, 0.1) is 0 Å². The molecule has 0 radical (unpaired) electrons. The number of carbonyl (C=O) groups excluding carboxylic acids is 2. The first kappa shape index (κ1) is 15.2. The molecular weight excluding hydrogens is 364 g/mol. The fourth-order valence-electron chi connectivity index (χ4n) is 1.64. The van der Waals surface area contributed by atoms with Crippen molar-refractivity contribution in [3.63, 3.8) is 0 Å². The highest BCUT2D eigenvalue weighted by Gasteiger charge is 2.14. The summed E-state index contributed by atoms with van der Waals surface area (Å²) < 4.78 is 5.35. The molecule has 0 aliphatic rings. The van der Waals surface area contributed by atoms with Crippen molar-refractivity contribution in [2.24, 2.45) is 0 Å². The van der Waals surface area contributed by atoms with Gasteiger partial charge in [-0.3, -0.25) is 9.59 Å². The molecule has 0 aliphatic carbocycles. The van der Waals surface area contributed by atoms with Crippen molar-refractivity contribution in [2.45, 2.75) is 6.42 Å². The first-order chi connectivity index (χ1) is 9.49. The quantitative estimate of drug-likeness (QED) is 0.598. The van der Waals surface area contributed by atoms with Crippen LogP contribution in [-0.4, -0.2) is 18.9 Å². The maximum atomic E-state index is 12.3. The van der Waals surface area contributed by atoms with Crippen LogP contribution in [0.2, 0.25) is 5.02 Å². The number of halogens is 2. The van der Waals surface area contributed by atoms with Gasteiger partial charge in [0.25, 0.3) is 0 Å². The number of ether oxygens (including phenoxy) is 1. The lowest BCUT2D eigenvalue weighted by Gasteiger charge is -2.00. The molecule has 1 aromatic heterocycles. The van der Waals surface area contributed by atoms with Crippen LogP contribution in [0.5, 0.6) is 0 Å². The van der Waals surface area contributed by atoms with Gasteiger partial charge in [-0.2, -0.15) is 0 Å². The van der Waals surface area contributed by atoms with Crippen LogP contribution in [0.25, 0.3) is 0 Å². The van der Waals surface area contributed by atoms with E-state index in [1.165, 1.54) is 18.4 Å². The van der Waals surface area contributed by atoms with Gasteiger partial charge in [0.15, 0.2) is 0 Å². The standard InChI is InChI=1S/C14H10BrClO3S/c1-19-13(17)7-11-2-3-12(20-11)14(18)8-4-9(15)6-10(16)5-8/h2-6H,7H2,1H3. The minimum absolute atomic E-state index is 0.116. The van der Waals surface area contributed by atoms with E-state index in [0.717, 1.165) is 9.35 Å². The number of esters is 1. The van der Waals surface area contributed by atoms with E-state index in [2.05, 4.69) is 20.7 Å². The summed E-state index contributed by atoms with van der Waals surface area (Å²) in [4.78, 5) is 24.9. The van der Waals surface area contributed by atoms with Crippen molar-refractivity contribution >= 4 is 50.6 Å². The number of hydrogen-bond acceptors (Lipinski definition) is 4. The fraction of sp³-hybridized carbons (Fsp3) is 0.143. The first-order valence-corrected chi connectivity index (χ1v) is 7.64. The molecule has 20 heavy (non-hydrogen) atoms. The molecule has 0 saturated carbocycles. The van der Waals surface area contributed by atoms with Gasteiger partial charge in [0.2, 0.25) is 5.78 Å². The Morgan fingerprint density at radius 2 is 2.05 bits per heavy atom. The second-order valence-corrected chi connectivity index (χ2v) is 6.53. The third kappa shape index (κ3) is 3.69. The lowest BCUT2D eigenvalue weighted by Crippen LogP contribution is -2.02. The molecule has 0 saturated heterocycles. The van der Waals surface area contributed by atoms with E-state index in [-0.39, 0.29) is 18.2 Å². The molecule has 0 amide bonds. The van der Waals surface area contributed by atoms with Crippen LogP contribution < -0.4 is 0 Å². The van der Waals surface area contributed by atoms with E-state index in [0.29, 0.717) is 15.5 Å². The van der Waals surface area contributed by atoms with Gasteiger partial charge in [-0.15, -0.1) is 11.3 Å². The van der Waals surface area contributed by atoms with E-state index in [9.17, 15) is 9.59 Å². The van der Waals surface area contributed by atoms with Crippen molar-refractivity contribution < 1.29 is 14.3 Å². The molecule has 0 N–H and O–H groups in total. The highest BCUT2D eigenvalue weighted by Crippen LogP contribution is 2.25. The van der Waals surface area contributed by atoms with Crippen molar-refractivity contribution in [1.82, 2.24) is 0 Å². The van der Waals surface area contributed by atoms with Crippen LogP contribution in [0.3, 0.4) is 0 Å². The van der Waals surface area contributed by atoms with Crippen LogP contribution in [0.4, 0.5) is 0 Å². The van der Waals surface area contributed by atoms with E-state index >= 15 is 0 Å². The summed E-state index contributed by atoms with van der Waals surface area (Å²) in [7, 11) is 1.34. The number of methoxy groups -OCH3 is 1. The molecule has 0 atom stereocenters. The van der Waals surface area contributed by atoms with Gasteiger partial charge in [0.05, 0.1) is 18.4 Å². The number of benzene rings is 1. The van der Waals surface area contributed by atoms with E-state index < -0.39 is 0 Å². The molecule has 2 aromatic rings. The van der Waals surface area contributed by atoms with Gasteiger partial charge in [-0.1, -0.05) is 27.5 Å². The number of ketones is 1. The maximum absolute atomic E-state index is 12.3. The number of thiophene rings is 1. The molecule has 1 heterocycles. The molecule has 0 bridgehead atoms. The van der Waals surface area contributed by atoms with Gasteiger partial charge in [0.1, 0.15) is 0 Å². The van der Waals surface area contributed by atoms with Gasteiger partial charge in [0, 0.05) is 19.9 Å². The minimum Gasteiger partial charge on any atom is -0.469 e. The SMILES string of the molecule is COC(=O)Cc1ccc(C(=O)c2cc(Cl)cc(Br)c2)s1. The van der Waals surface area contributed by atoms with Gasteiger partial charge in [-0.05, 0) is 30.3 Å². The average molecular weight is 374 g/mol. The Morgan fingerprint density at radius 3 is 2.70 bits per heavy atom. The number of rotatable bonds is 4. The predicted molar refractivity (Wildman–Crippen MR) is 82.6 cm³/mol. The zero-order chi connectivity index (χ0) is 14.7.